The lowest BCUT2D eigenvalue weighted by Crippen LogP contribution is -2.09. The normalized spacial score (nSPS) is 10.9. The van der Waals surface area contributed by atoms with E-state index in [-0.39, 0.29) is 6.61 Å². The first-order valence-corrected chi connectivity index (χ1v) is 9.72. The SMILES string of the molecule is OCc1ccc(C=Cc2ccc(N(c3ccccc3)c3ccccc3)cc2)cc1. The van der Waals surface area contributed by atoms with Crippen LogP contribution in [0.3, 0.4) is 0 Å². The molecule has 0 aliphatic heterocycles. The van der Waals surface area contributed by atoms with Crippen LogP contribution in [0, 0.1) is 0 Å². The number of hydrogen-bond donors (Lipinski definition) is 1. The average Bonchev–Trinajstić information content (AvgIpc) is 2.80. The van der Waals surface area contributed by atoms with Gasteiger partial charge in [0.05, 0.1) is 6.61 Å². The third-order valence-corrected chi connectivity index (χ3v) is 4.81. The molecule has 1 N–H and O–H groups in total. The van der Waals surface area contributed by atoms with Gasteiger partial charge in [-0.2, -0.15) is 0 Å². The highest BCUT2D eigenvalue weighted by Crippen LogP contribution is 2.34. The maximum absolute atomic E-state index is 9.15. The van der Waals surface area contributed by atoms with Gasteiger partial charge in [-0.05, 0) is 53.1 Å². The van der Waals surface area contributed by atoms with Gasteiger partial charge in [0.2, 0.25) is 0 Å². The summed E-state index contributed by atoms with van der Waals surface area (Å²) >= 11 is 0. The molecule has 4 aromatic rings. The van der Waals surface area contributed by atoms with E-state index in [9.17, 15) is 0 Å². The lowest BCUT2D eigenvalue weighted by atomic mass is 10.1. The van der Waals surface area contributed by atoms with Gasteiger partial charge in [-0.1, -0.05) is 84.9 Å². The Hall–Kier alpha value is -3.62. The highest BCUT2D eigenvalue weighted by atomic mass is 16.3. The lowest BCUT2D eigenvalue weighted by Gasteiger charge is -2.25. The van der Waals surface area contributed by atoms with Gasteiger partial charge in [0.1, 0.15) is 0 Å². The van der Waals surface area contributed by atoms with E-state index in [1.807, 2.05) is 36.4 Å². The lowest BCUT2D eigenvalue weighted by molar-refractivity contribution is 0.282. The van der Waals surface area contributed by atoms with Crippen molar-refractivity contribution in [2.24, 2.45) is 0 Å². The predicted molar refractivity (Wildman–Crippen MR) is 122 cm³/mol. The number of anilines is 3. The van der Waals surface area contributed by atoms with Crippen LogP contribution in [0.2, 0.25) is 0 Å². The van der Waals surface area contributed by atoms with Crippen LogP contribution in [0.15, 0.2) is 109 Å². The Labute approximate surface area is 172 Å². The zero-order valence-corrected chi connectivity index (χ0v) is 16.1. The average molecular weight is 377 g/mol. The van der Waals surface area contributed by atoms with Gasteiger partial charge >= 0.3 is 0 Å². The van der Waals surface area contributed by atoms with E-state index in [1.165, 1.54) is 0 Å². The van der Waals surface area contributed by atoms with E-state index >= 15 is 0 Å². The van der Waals surface area contributed by atoms with Crippen LogP contribution in [0.4, 0.5) is 17.1 Å². The largest absolute Gasteiger partial charge is 0.392 e. The summed E-state index contributed by atoms with van der Waals surface area (Å²) in [7, 11) is 0. The van der Waals surface area contributed by atoms with Crippen LogP contribution in [-0.4, -0.2) is 5.11 Å². The first-order chi connectivity index (χ1) is 14.3. The molecule has 0 saturated carbocycles. The standard InChI is InChI=1S/C27H23NO/c29-21-24-15-13-22(14-16-24)11-12-23-17-19-27(20-18-23)28(25-7-3-1-4-8-25)26-9-5-2-6-10-26/h1-20,29H,21H2. The van der Waals surface area contributed by atoms with E-state index in [2.05, 4.69) is 89.8 Å². The summed E-state index contributed by atoms with van der Waals surface area (Å²) in [6, 6.07) is 37.3. The molecule has 0 atom stereocenters. The summed E-state index contributed by atoms with van der Waals surface area (Å²) in [6.07, 6.45) is 4.19. The van der Waals surface area contributed by atoms with Crippen molar-refractivity contribution in [1.82, 2.24) is 0 Å². The molecule has 4 rings (SSSR count). The summed E-state index contributed by atoms with van der Waals surface area (Å²) in [4.78, 5) is 2.25. The number of para-hydroxylation sites is 2. The third kappa shape index (κ3) is 4.63. The Kier molecular flexibility index (Phi) is 5.84. The first-order valence-electron chi connectivity index (χ1n) is 9.72. The smallest absolute Gasteiger partial charge is 0.0681 e. The van der Waals surface area contributed by atoms with Crippen LogP contribution in [0.5, 0.6) is 0 Å². The molecule has 0 aromatic heterocycles. The molecule has 0 radical (unpaired) electrons. The molecule has 2 heteroatoms. The highest BCUT2D eigenvalue weighted by molar-refractivity contribution is 5.78. The molecule has 4 aromatic carbocycles. The molecule has 29 heavy (non-hydrogen) atoms. The molecule has 0 heterocycles. The molecule has 0 fully saturated rings. The first kappa shape index (κ1) is 18.7. The van der Waals surface area contributed by atoms with Gasteiger partial charge in [0.15, 0.2) is 0 Å². The van der Waals surface area contributed by atoms with Crippen LogP contribution in [0.1, 0.15) is 16.7 Å². The molecule has 0 aliphatic carbocycles. The van der Waals surface area contributed by atoms with Gasteiger partial charge in [0.25, 0.3) is 0 Å². The van der Waals surface area contributed by atoms with Gasteiger partial charge < -0.3 is 10.0 Å². The fraction of sp³-hybridized carbons (Fsp3) is 0.0370. The van der Waals surface area contributed by atoms with Gasteiger partial charge in [0, 0.05) is 17.1 Å². The molecular formula is C27H23NO. The van der Waals surface area contributed by atoms with Crippen LogP contribution in [-0.2, 0) is 6.61 Å². The summed E-state index contributed by atoms with van der Waals surface area (Å²) in [5.74, 6) is 0. The number of hydrogen-bond acceptors (Lipinski definition) is 2. The number of aliphatic hydroxyl groups excluding tert-OH is 1. The second-order valence-electron chi connectivity index (χ2n) is 6.83. The van der Waals surface area contributed by atoms with E-state index < -0.39 is 0 Å². The topological polar surface area (TPSA) is 23.5 Å². The quantitative estimate of drug-likeness (QED) is 0.373. The summed E-state index contributed by atoms with van der Waals surface area (Å²) in [5, 5.41) is 9.15. The fourth-order valence-electron chi connectivity index (χ4n) is 3.26. The Morgan fingerprint density at radius 2 is 0.931 bits per heavy atom. The van der Waals surface area contributed by atoms with Crippen molar-refractivity contribution in [2.45, 2.75) is 6.61 Å². The van der Waals surface area contributed by atoms with E-state index in [1.54, 1.807) is 0 Å². The molecule has 2 nitrogen and oxygen atoms in total. The van der Waals surface area contributed by atoms with Gasteiger partial charge in [-0.25, -0.2) is 0 Å². The fourth-order valence-corrected chi connectivity index (χ4v) is 3.26. The summed E-state index contributed by atoms with van der Waals surface area (Å²) < 4.78 is 0. The van der Waals surface area contributed by atoms with Crippen LogP contribution >= 0.6 is 0 Å². The van der Waals surface area contributed by atoms with Crippen LogP contribution in [0.25, 0.3) is 12.2 Å². The number of rotatable bonds is 6. The Morgan fingerprint density at radius 3 is 1.38 bits per heavy atom. The highest BCUT2D eigenvalue weighted by Gasteiger charge is 2.11. The minimum atomic E-state index is 0.0742. The van der Waals surface area contributed by atoms with E-state index in [0.29, 0.717) is 0 Å². The molecule has 0 spiro atoms. The number of aliphatic hydroxyl groups is 1. The van der Waals surface area contributed by atoms with Crippen molar-refractivity contribution in [1.29, 1.82) is 0 Å². The number of nitrogens with zero attached hydrogens (tertiary/aromatic N) is 1. The molecular weight excluding hydrogens is 354 g/mol. The van der Waals surface area contributed by atoms with Crippen molar-refractivity contribution < 1.29 is 5.11 Å². The predicted octanol–water partition coefficient (Wildman–Crippen LogP) is 6.82. The Morgan fingerprint density at radius 1 is 0.517 bits per heavy atom. The molecule has 0 amide bonds. The zero-order valence-electron chi connectivity index (χ0n) is 16.1. The monoisotopic (exact) mass is 377 g/mol. The molecule has 0 unspecified atom stereocenters. The molecule has 0 bridgehead atoms. The summed E-state index contributed by atoms with van der Waals surface area (Å²) in [5.41, 5.74) is 6.56. The number of benzene rings is 4. The maximum atomic E-state index is 9.15. The van der Waals surface area contributed by atoms with Gasteiger partial charge in [-0.15, -0.1) is 0 Å². The zero-order chi connectivity index (χ0) is 19.9. The van der Waals surface area contributed by atoms with Crippen molar-refractivity contribution in [3.8, 4) is 0 Å². The van der Waals surface area contributed by atoms with Crippen molar-refractivity contribution in [3.63, 3.8) is 0 Å². The second kappa shape index (κ2) is 9.05. The second-order valence-corrected chi connectivity index (χ2v) is 6.83. The van der Waals surface area contributed by atoms with Crippen molar-refractivity contribution in [2.75, 3.05) is 4.90 Å². The van der Waals surface area contributed by atoms with E-state index in [0.717, 1.165) is 33.8 Å². The van der Waals surface area contributed by atoms with Crippen LogP contribution < -0.4 is 4.90 Å². The van der Waals surface area contributed by atoms with Crippen molar-refractivity contribution >= 4 is 29.2 Å². The maximum Gasteiger partial charge on any atom is 0.0681 e. The summed E-state index contributed by atoms with van der Waals surface area (Å²) in [6.45, 7) is 0.0742. The van der Waals surface area contributed by atoms with E-state index in [4.69, 9.17) is 5.11 Å². The van der Waals surface area contributed by atoms with Crippen molar-refractivity contribution in [3.05, 3.63) is 126 Å². The third-order valence-electron chi connectivity index (χ3n) is 4.81. The Bertz CT molecular complexity index is 1010. The van der Waals surface area contributed by atoms with Gasteiger partial charge in [-0.3, -0.25) is 0 Å². The minimum Gasteiger partial charge on any atom is -0.392 e. The Balaban J connectivity index is 1.59. The minimum absolute atomic E-state index is 0.0742. The molecule has 0 saturated heterocycles. The molecule has 142 valence electrons. The molecule has 0 aliphatic rings.